The summed E-state index contributed by atoms with van der Waals surface area (Å²) in [5.74, 6) is -0.500. The monoisotopic (exact) mass is 392 g/mol. The molecular weight excluding hydrogens is 380 g/mol. The van der Waals surface area contributed by atoms with Crippen molar-refractivity contribution >= 4 is 63.6 Å². The average molecular weight is 393 g/mol. The number of thiophene rings is 1. The van der Waals surface area contributed by atoms with Gasteiger partial charge in [0.25, 0.3) is 0 Å². The SMILES string of the molecule is O=C(CC1SC(=N/N=C/c2cccs2)NC1=O)Nc1ccc(Cl)cc1. The maximum absolute atomic E-state index is 12.1. The van der Waals surface area contributed by atoms with E-state index in [0.29, 0.717) is 15.9 Å². The minimum Gasteiger partial charge on any atom is -0.326 e. The number of nitrogens with one attached hydrogen (secondary N) is 2. The predicted octanol–water partition coefficient (Wildman–Crippen LogP) is 3.35. The van der Waals surface area contributed by atoms with E-state index >= 15 is 0 Å². The Bertz CT molecular complexity index is 819. The quantitative estimate of drug-likeness (QED) is 0.604. The highest BCUT2D eigenvalue weighted by Crippen LogP contribution is 2.23. The van der Waals surface area contributed by atoms with Crippen molar-refractivity contribution in [3.8, 4) is 0 Å². The summed E-state index contributed by atoms with van der Waals surface area (Å²) in [6.45, 7) is 0. The van der Waals surface area contributed by atoms with Gasteiger partial charge in [-0.1, -0.05) is 29.4 Å². The largest absolute Gasteiger partial charge is 0.326 e. The van der Waals surface area contributed by atoms with Gasteiger partial charge in [-0.05, 0) is 35.7 Å². The van der Waals surface area contributed by atoms with E-state index in [0.717, 1.165) is 4.88 Å². The van der Waals surface area contributed by atoms with Crippen molar-refractivity contribution in [3.05, 3.63) is 51.7 Å². The van der Waals surface area contributed by atoms with Gasteiger partial charge in [0.05, 0.1) is 6.21 Å². The number of thioether (sulfide) groups is 1. The second-order valence-corrected chi connectivity index (χ2v) is 7.63. The van der Waals surface area contributed by atoms with Crippen molar-refractivity contribution in [2.24, 2.45) is 10.2 Å². The summed E-state index contributed by atoms with van der Waals surface area (Å²) >= 11 is 8.54. The van der Waals surface area contributed by atoms with Crippen LogP contribution in [0, 0.1) is 0 Å². The number of anilines is 1. The van der Waals surface area contributed by atoms with E-state index < -0.39 is 5.25 Å². The zero-order valence-corrected chi connectivity index (χ0v) is 15.2. The summed E-state index contributed by atoms with van der Waals surface area (Å²) < 4.78 is 0. The number of amidine groups is 1. The highest BCUT2D eigenvalue weighted by molar-refractivity contribution is 8.15. The van der Waals surface area contributed by atoms with Gasteiger partial charge in [-0.2, -0.15) is 5.10 Å². The van der Waals surface area contributed by atoms with Crippen molar-refractivity contribution in [1.29, 1.82) is 0 Å². The lowest BCUT2D eigenvalue weighted by Crippen LogP contribution is -2.28. The molecule has 1 aliphatic rings. The van der Waals surface area contributed by atoms with Gasteiger partial charge in [-0.3, -0.25) is 9.59 Å². The average Bonchev–Trinajstić information content (AvgIpc) is 3.20. The van der Waals surface area contributed by atoms with E-state index in [1.807, 2.05) is 17.5 Å². The third kappa shape index (κ3) is 5.15. The van der Waals surface area contributed by atoms with E-state index in [-0.39, 0.29) is 18.2 Å². The van der Waals surface area contributed by atoms with Crippen molar-refractivity contribution < 1.29 is 9.59 Å². The number of benzene rings is 1. The van der Waals surface area contributed by atoms with Crippen LogP contribution in [-0.2, 0) is 9.59 Å². The molecular formula is C16H13ClN4O2S2. The van der Waals surface area contributed by atoms with Gasteiger partial charge in [0.2, 0.25) is 11.8 Å². The minimum atomic E-state index is -0.525. The van der Waals surface area contributed by atoms with Crippen LogP contribution in [0.4, 0.5) is 5.69 Å². The summed E-state index contributed by atoms with van der Waals surface area (Å²) in [6.07, 6.45) is 1.66. The Balaban J connectivity index is 1.53. The number of carbonyl (C=O) groups is 2. The fourth-order valence-corrected chi connectivity index (χ4v) is 3.63. The predicted molar refractivity (Wildman–Crippen MR) is 104 cm³/mol. The Morgan fingerprint density at radius 3 is 2.84 bits per heavy atom. The molecule has 6 nitrogen and oxygen atoms in total. The van der Waals surface area contributed by atoms with Crippen LogP contribution in [0.5, 0.6) is 0 Å². The van der Waals surface area contributed by atoms with Gasteiger partial charge in [-0.25, -0.2) is 0 Å². The number of hydrogen-bond donors (Lipinski definition) is 2. The van der Waals surface area contributed by atoms with Gasteiger partial charge >= 0.3 is 0 Å². The number of halogens is 1. The third-order valence-electron chi connectivity index (χ3n) is 3.15. The molecule has 0 bridgehead atoms. The van der Waals surface area contributed by atoms with Crippen molar-refractivity contribution in [2.75, 3.05) is 5.32 Å². The van der Waals surface area contributed by atoms with Crippen molar-refractivity contribution in [1.82, 2.24) is 5.32 Å². The van der Waals surface area contributed by atoms with Crippen LogP contribution in [0.2, 0.25) is 5.02 Å². The summed E-state index contributed by atoms with van der Waals surface area (Å²) in [5, 5.41) is 15.7. The zero-order chi connectivity index (χ0) is 17.6. The molecule has 1 aliphatic heterocycles. The van der Waals surface area contributed by atoms with E-state index in [9.17, 15) is 9.59 Å². The van der Waals surface area contributed by atoms with Crippen LogP contribution in [0.25, 0.3) is 0 Å². The topological polar surface area (TPSA) is 82.9 Å². The van der Waals surface area contributed by atoms with E-state index in [1.165, 1.54) is 11.8 Å². The molecule has 1 fully saturated rings. The molecule has 25 heavy (non-hydrogen) atoms. The number of carbonyl (C=O) groups excluding carboxylic acids is 2. The fourth-order valence-electron chi connectivity index (χ4n) is 2.00. The van der Waals surface area contributed by atoms with Crippen molar-refractivity contribution in [2.45, 2.75) is 11.7 Å². The number of hydrogen-bond acceptors (Lipinski definition) is 6. The molecule has 1 atom stereocenters. The molecule has 1 unspecified atom stereocenters. The molecule has 128 valence electrons. The lowest BCUT2D eigenvalue weighted by Gasteiger charge is -2.07. The van der Waals surface area contributed by atoms with Gasteiger partial charge in [0.15, 0.2) is 5.17 Å². The molecule has 2 N–H and O–H groups in total. The maximum Gasteiger partial charge on any atom is 0.240 e. The summed E-state index contributed by atoms with van der Waals surface area (Å²) in [7, 11) is 0. The molecule has 2 amide bonds. The van der Waals surface area contributed by atoms with E-state index in [4.69, 9.17) is 11.6 Å². The van der Waals surface area contributed by atoms with Gasteiger partial charge in [-0.15, -0.1) is 16.4 Å². The number of nitrogens with zero attached hydrogens (tertiary/aromatic N) is 2. The molecule has 2 heterocycles. The molecule has 3 rings (SSSR count). The number of rotatable bonds is 5. The summed E-state index contributed by atoms with van der Waals surface area (Å²) in [6, 6.07) is 10.6. The van der Waals surface area contributed by atoms with E-state index in [1.54, 1.807) is 41.8 Å². The molecule has 2 aromatic rings. The van der Waals surface area contributed by atoms with Gasteiger partial charge < -0.3 is 10.6 Å². The first kappa shape index (κ1) is 17.7. The molecule has 1 aromatic heterocycles. The van der Waals surface area contributed by atoms with Crippen LogP contribution in [0.3, 0.4) is 0 Å². The smallest absolute Gasteiger partial charge is 0.240 e. The van der Waals surface area contributed by atoms with Crippen LogP contribution in [-0.4, -0.2) is 28.4 Å². The zero-order valence-electron chi connectivity index (χ0n) is 12.8. The lowest BCUT2D eigenvalue weighted by atomic mass is 10.2. The first-order valence-corrected chi connectivity index (χ1v) is 9.41. The molecule has 0 saturated carbocycles. The second-order valence-electron chi connectivity index (χ2n) is 5.02. The highest BCUT2D eigenvalue weighted by Gasteiger charge is 2.32. The Hall–Kier alpha value is -2.16. The fraction of sp³-hybridized carbons (Fsp3) is 0.125. The summed E-state index contributed by atoms with van der Waals surface area (Å²) in [5.41, 5.74) is 0.632. The Morgan fingerprint density at radius 1 is 1.32 bits per heavy atom. The molecule has 9 heteroatoms. The van der Waals surface area contributed by atoms with Gasteiger partial charge in [0, 0.05) is 22.0 Å². The van der Waals surface area contributed by atoms with Crippen LogP contribution >= 0.6 is 34.7 Å². The Kier molecular flexibility index (Phi) is 5.85. The van der Waals surface area contributed by atoms with Crippen molar-refractivity contribution in [3.63, 3.8) is 0 Å². The molecule has 1 saturated heterocycles. The highest BCUT2D eigenvalue weighted by atomic mass is 35.5. The molecule has 0 radical (unpaired) electrons. The third-order valence-corrected chi connectivity index (χ3v) is 5.28. The summed E-state index contributed by atoms with van der Waals surface area (Å²) in [4.78, 5) is 25.0. The van der Waals surface area contributed by atoms with Crippen LogP contribution < -0.4 is 10.6 Å². The number of amides is 2. The first-order valence-electron chi connectivity index (χ1n) is 7.27. The molecule has 0 aliphatic carbocycles. The van der Waals surface area contributed by atoms with Crippen LogP contribution in [0.15, 0.2) is 52.0 Å². The minimum absolute atomic E-state index is 0.0484. The van der Waals surface area contributed by atoms with Crippen LogP contribution in [0.1, 0.15) is 11.3 Å². The molecule has 1 aromatic carbocycles. The van der Waals surface area contributed by atoms with E-state index in [2.05, 4.69) is 20.8 Å². The Morgan fingerprint density at radius 2 is 2.12 bits per heavy atom. The van der Waals surface area contributed by atoms with Gasteiger partial charge in [0.1, 0.15) is 5.25 Å². The molecule has 0 spiro atoms. The standard InChI is InChI=1S/C16H13ClN4O2S2/c17-10-3-5-11(6-4-10)19-14(22)8-13-15(23)20-16(25-13)21-18-9-12-2-1-7-24-12/h1-7,9,13H,8H2,(H,19,22)(H,20,21,23)/b18-9+. The first-order chi connectivity index (χ1) is 12.1. The Labute approximate surface area is 157 Å². The maximum atomic E-state index is 12.1. The second kappa shape index (κ2) is 8.28. The normalized spacial score (nSPS) is 18.7. The lowest BCUT2D eigenvalue weighted by molar-refractivity contribution is -0.122.